The molecule has 54 heavy (non-hydrogen) atoms. The van der Waals surface area contributed by atoms with Crippen molar-refractivity contribution in [1.29, 1.82) is 0 Å². The van der Waals surface area contributed by atoms with Crippen LogP contribution in [-0.2, 0) is 38.1 Å². The molecule has 1 aliphatic rings. The summed E-state index contributed by atoms with van der Waals surface area (Å²) in [5, 5.41) is 0. The number of esters is 4. The first kappa shape index (κ1) is 49.8. The molecule has 0 amide bonds. The van der Waals surface area contributed by atoms with Crippen LogP contribution >= 0.6 is 0 Å². The van der Waals surface area contributed by atoms with Gasteiger partial charge in [0.1, 0.15) is 18.2 Å². The number of rotatable bonds is 36. The monoisotopic (exact) mass is 767 g/mol. The normalized spacial score (nSPS) is 16.4. The smallest absolute Gasteiger partial charge is 0.323 e. The Morgan fingerprint density at radius 2 is 1.11 bits per heavy atom. The number of ether oxygens (including phenoxy) is 4. The Morgan fingerprint density at radius 3 is 1.76 bits per heavy atom. The molecule has 1 aliphatic heterocycles. The first-order valence-corrected chi connectivity index (χ1v) is 22.3. The van der Waals surface area contributed by atoms with Crippen molar-refractivity contribution in [3.63, 3.8) is 0 Å². The molecule has 1 heterocycles. The minimum Gasteiger partial charge on any atom is -0.466 e. The van der Waals surface area contributed by atoms with Gasteiger partial charge in [-0.1, -0.05) is 111 Å². The molecule has 10 nitrogen and oxygen atoms in total. The van der Waals surface area contributed by atoms with Crippen LogP contribution in [0.1, 0.15) is 194 Å². The Hall–Kier alpha value is -2.20. The second-order valence-electron chi connectivity index (χ2n) is 15.9. The molecule has 1 rings (SSSR count). The van der Waals surface area contributed by atoms with Gasteiger partial charge in [0.25, 0.3) is 0 Å². The summed E-state index contributed by atoms with van der Waals surface area (Å²) < 4.78 is 22.8. The highest BCUT2D eigenvalue weighted by molar-refractivity contribution is 5.76. The lowest BCUT2D eigenvalue weighted by Gasteiger charge is -2.22. The molecule has 0 N–H and O–H groups in total. The lowest BCUT2D eigenvalue weighted by atomic mass is 10.0. The van der Waals surface area contributed by atoms with Gasteiger partial charge in [-0.15, -0.1) is 0 Å². The lowest BCUT2D eigenvalue weighted by Crippen LogP contribution is -2.38. The molecular formula is C44H82N2O8. The zero-order chi connectivity index (χ0) is 39.7. The fourth-order valence-corrected chi connectivity index (χ4v) is 7.00. The highest BCUT2D eigenvalue weighted by atomic mass is 16.6. The summed E-state index contributed by atoms with van der Waals surface area (Å²) >= 11 is 0. The number of hydrogen-bond donors (Lipinski definition) is 0. The summed E-state index contributed by atoms with van der Waals surface area (Å²) in [5.74, 6) is -0.864. The Kier molecular flexibility index (Phi) is 31.4. The fourth-order valence-electron chi connectivity index (χ4n) is 7.00. The van der Waals surface area contributed by atoms with Crippen molar-refractivity contribution >= 4 is 23.9 Å². The standard InChI is InChI=1S/C44H82N2O8/c1-6-9-12-15-17-21-28-38(27-20-14-11-8-3)53-42(48)30-23-26-35-52-44(50)40-36-39(54-43(49)31-33-45(4)5)37-46(40)32-24-19-22-29-41(47)51-34-25-18-16-13-10-7-2/h38-40H,6-37H2,1-5H3/t38?,39-,40+/m1/s1. The fraction of sp³-hybridized carbons (Fsp3) is 0.909. The second-order valence-corrected chi connectivity index (χ2v) is 15.9. The van der Waals surface area contributed by atoms with Crippen LogP contribution in [0.5, 0.6) is 0 Å². The average Bonchev–Trinajstić information content (AvgIpc) is 3.55. The van der Waals surface area contributed by atoms with Gasteiger partial charge in [-0.2, -0.15) is 0 Å². The maximum Gasteiger partial charge on any atom is 0.323 e. The van der Waals surface area contributed by atoms with E-state index < -0.39 is 6.04 Å². The maximum absolute atomic E-state index is 13.3. The summed E-state index contributed by atoms with van der Waals surface area (Å²) in [6.45, 7) is 9.13. The van der Waals surface area contributed by atoms with Crippen LogP contribution in [0.25, 0.3) is 0 Å². The SMILES string of the molecule is CCCCCCCCOC(=O)CCCCCN1C[C@H](OC(=O)CCN(C)C)C[C@H]1C(=O)OCCCCC(=O)OC(CCCCCC)CCCCCCCC. The molecule has 0 saturated carbocycles. The van der Waals surface area contributed by atoms with E-state index in [0.717, 1.165) is 57.8 Å². The van der Waals surface area contributed by atoms with Gasteiger partial charge in [0.05, 0.1) is 19.6 Å². The molecular weight excluding hydrogens is 684 g/mol. The van der Waals surface area contributed by atoms with E-state index in [-0.39, 0.29) is 42.7 Å². The summed E-state index contributed by atoms with van der Waals surface area (Å²) in [5.41, 5.74) is 0. The van der Waals surface area contributed by atoms with Gasteiger partial charge in [-0.05, 0) is 78.4 Å². The van der Waals surface area contributed by atoms with E-state index in [1.165, 1.54) is 77.0 Å². The van der Waals surface area contributed by atoms with Crippen LogP contribution in [0.3, 0.4) is 0 Å². The largest absolute Gasteiger partial charge is 0.466 e. The van der Waals surface area contributed by atoms with E-state index in [0.29, 0.717) is 64.8 Å². The van der Waals surface area contributed by atoms with Gasteiger partial charge in [-0.3, -0.25) is 24.1 Å². The Labute approximate surface area is 330 Å². The Morgan fingerprint density at radius 1 is 0.593 bits per heavy atom. The number of likely N-dealkylation sites (tertiary alicyclic amines) is 1. The molecule has 1 fully saturated rings. The van der Waals surface area contributed by atoms with Crippen LogP contribution in [0, 0.1) is 0 Å². The van der Waals surface area contributed by atoms with Crippen molar-refractivity contribution in [1.82, 2.24) is 9.80 Å². The van der Waals surface area contributed by atoms with E-state index in [1.54, 1.807) is 0 Å². The van der Waals surface area contributed by atoms with Crippen molar-refractivity contribution in [2.45, 2.75) is 212 Å². The van der Waals surface area contributed by atoms with Crippen molar-refractivity contribution in [2.24, 2.45) is 0 Å². The predicted octanol–water partition coefficient (Wildman–Crippen LogP) is 9.73. The molecule has 0 aromatic heterocycles. The molecule has 0 bridgehead atoms. The molecule has 0 aliphatic carbocycles. The summed E-state index contributed by atoms with van der Waals surface area (Å²) in [7, 11) is 3.83. The van der Waals surface area contributed by atoms with Crippen molar-refractivity contribution in [2.75, 3.05) is 46.9 Å². The van der Waals surface area contributed by atoms with E-state index in [9.17, 15) is 19.2 Å². The van der Waals surface area contributed by atoms with Crippen molar-refractivity contribution < 1.29 is 38.1 Å². The molecule has 1 saturated heterocycles. The summed E-state index contributed by atoms with van der Waals surface area (Å²) in [6.07, 6.45) is 25.5. The third kappa shape index (κ3) is 27.4. The zero-order valence-electron chi connectivity index (χ0n) is 35.5. The average molecular weight is 767 g/mol. The van der Waals surface area contributed by atoms with Gasteiger partial charge in [0.2, 0.25) is 0 Å². The number of nitrogens with zero attached hydrogens (tertiary/aromatic N) is 2. The van der Waals surface area contributed by atoms with Crippen LogP contribution in [0.2, 0.25) is 0 Å². The van der Waals surface area contributed by atoms with Crippen LogP contribution < -0.4 is 0 Å². The lowest BCUT2D eigenvalue weighted by molar-refractivity contribution is -0.151. The number of carbonyl (C=O) groups excluding carboxylic acids is 4. The highest BCUT2D eigenvalue weighted by Crippen LogP contribution is 2.24. The topological polar surface area (TPSA) is 112 Å². The summed E-state index contributed by atoms with van der Waals surface area (Å²) in [4.78, 5) is 54.7. The van der Waals surface area contributed by atoms with E-state index in [1.807, 2.05) is 19.0 Å². The summed E-state index contributed by atoms with van der Waals surface area (Å²) in [6, 6.07) is -0.487. The van der Waals surface area contributed by atoms with Gasteiger partial charge in [0.15, 0.2) is 0 Å². The van der Waals surface area contributed by atoms with Crippen molar-refractivity contribution in [3.8, 4) is 0 Å². The maximum atomic E-state index is 13.3. The zero-order valence-corrected chi connectivity index (χ0v) is 35.5. The molecule has 0 aromatic carbocycles. The quantitative estimate of drug-likeness (QED) is 0.0347. The number of unbranched alkanes of at least 4 members (excludes halogenated alkanes) is 16. The predicted molar refractivity (Wildman–Crippen MR) is 217 cm³/mol. The third-order valence-electron chi connectivity index (χ3n) is 10.4. The molecule has 3 atom stereocenters. The Bertz CT molecular complexity index is 961. The first-order valence-electron chi connectivity index (χ1n) is 22.3. The minimum atomic E-state index is -0.487. The van der Waals surface area contributed by atoms with Crippen LogP contribution in [-0.4, -0.2) is 98.9 Å². The minimum absolute atomic E-state index is 0.000336. The van der Waals surface area contributed by atoms with Crippen molar-refractivity contribution in [3.05, 3.63) is 0 Å². The molecule has 0 spiro atoms. The van der Waals surface area contributed by atoms with Gasteiger partial charge in [0, 0.05) is 32.4 Å². The third-order valence-corrected chi connectivity index (χ3v) is 10.4. The van der Waals surface area contributed by atoms with Gasteiger partial charge < -0.3 is 23.8 Å². The van der Waals surface area contributed by atoms with E-state index in [4.69, 9.17) is 18.9 Å². The highest BCUT2D eigenvalue weighted by Gasteiger charge is 2.39. The first-order chi connectivity index (χ1) is 26.2. The molecule has 0 radical (unpaired) electrons. The van der Waals surface area contributed by atoms with Crippen LogP contribution in [0.15, 0.2) is 0 Å². The molecule has 0 aromatic rings. The Balaban J connectivity index is 2.49. The van der Waals surface area contributed by atoms with Gasteiger partial charge in [-0.25, -0.2) is 0 Å². The number of hydrogen-bond acceptors (Lipinski definition) is 10. The molecule has 1 unspecified atom stereocenters. The molecule has 10 heteroatoms. The van der Waals surface area contributed by atoms with E-state index in [2.05, 4.69) is 25.7 Å². The molecule has 316 valence electrons. The van der Waals surface area contributed by atoms with E-state index >= 15 is 0 Å². The number of carbonyl (C=O) groups is 4. The second kappa shape index (κ2) is 34.1. The van der Waals surface area contributed by atoms with Crippen LogP contribution in [0.4, 0.5) is 0 Å². The van der Waals surface area contributed by atoms with Gasteiger partial charge >= 0.3 is 23.9 Å².